The first-order valence-electron chi connectivity index (χ1n) is 5.55. The Hall–Kier alpha value is -1.29. The minimum atomic E-state index is -0.991. The molecule has 0 amide bonds. The highest BCUT2D eigenvalue weighted by Crippen LogP contribution is 2.13. The van der Waals surface area contributed by atoms with Gasteiger partial charge in [-0.1, -0.05) is 0 Å². The van der Waals surface area contributed by atoms with Crippen molar-refractivity contribution in [2.45, 2.75) is 32.9 Å². The summed E-state index contributed by atoms with van der Waals surface area (Å²) in [6.07, 6.45) is 0. The fourth-order valence-electron chi connectivity index (χ4n) is 1.52. The van der Waals surface area contributed by atoms with Gasteiger partial charge < -0.3 is 0 Å². The van der Waals surface area contributed by atoms with Crippen molar-refractivity contribution in [3.63, 3.8) is 0 Å². The molecule has 1 aromatic rings. The molecule has 1 atom stereocenters. The molecule has 1 aromatic carbocycles. The predicted octanol–water partition coefficient (Wildman–Crippen LogP) is 2.88. The van der Waals surface area contributed by atoms with E-state index in [4.69, 9.17) is 0 Å². The van der Waals surface area contributed by atoms with Crippen molar-refractivity contribution in [3.8, 4) is 0 Å². The number of halogens is 2. The third-order valence-electron chi connectivity index (χ3n) is 3.01. The second-order valence-electron chi connectivity index (χ2n) is 4.43. The lowest BCUT2D eigenvalue weighted by Gasteiger charge is -2.27. The number of benzene rings is 1. The Labute approximate surface area is 100 Å². The highest BCUT2D eigenvalue weighted by atomic mass is 19.2. The van der Waals surface area contributed by atoms with Crippen LogP contribution in [0, 0.1) is 11.6 Å². The van der Waals surface area contributed by atoms with Crippen LogP contribution < -0.4 is 0 Å². The van der Waals surface area contributed by atoms with Crippen LogP contribution in [0.15, 0.2) is 18.2 Å². The van der Waals surface area contributed by atoms with Gasteiger partial charge in [0.1, 0.15) is 0 Å². The summed E-state index contributed by atoms with van der Waals surface area (Å²) < 4.78 is 25.8. The molecule has 0 spiro atoms. The fourth-order valence-corrected chi connectivity index (χ4v) is 1.52. The summed E-state index contributed by atoms with van der Waals surface area (Å²) in [4.78, 5) is 13.9. The zero-order valence-corrected chi connectivity index (χ0v) is 10.5. The minimum absolute atomic E-state index is 0.198. The lowest BCUT2D eigenvalue weighted by atomic mass is 10.0. The van der Waals surface area contributed by atoms with E-state index >= 15 is 0 Å². The Bertz CT molecular complexity index is 418. The minimum Gasteiger partial charge on any atom is -0.294 e. The maximum Gasteiger partial charge on any atom is 0.179 e. The van der Waals surface area contributed by atoms with Gasteiger partial charge in [0.2, 0.25) is 0 Å². The Kier molecular flexibility index (Phi) is 4.34. The van der Waals surface area contributed by atoms with Crippen LogP contribution in [-0.4, -0.2) is 29.8 Å². The average molecular weight is 241 g/mol. The van der Waals surface area contributed by atoms with Crippen LogP contribution in [-0.2, 0) is 0 Å². The number of nitrogens with zero attached hydrogens (tertiary/aromatic N) is 1. The molecular weight excluding hydrogens is 224 g/mol. The van der Waals surface area contributed by atoms with E-state index in [0.29, 0.717) is 0 Å². The van der Waals surface area contributed by atoms with Crippen LogP contribution in [0.2, 0.25) is 0 Å². The second kappa shape index (κ2) is 5.36. The predicted molar refractivity (Wildman–Crippen MR) is 63.0 cm³/mol. The second-order valence-corrected chi connectivity index (χ2v) is 4.43. The molecule has 0 radical (unpaired) electrons. The van der Waals surface area contributed by atoms with Crippen molar-refractivity contribution in [1.82, 2.24) is 4.90 Å². The highest BCUT2D eigenvalue weighted by Gasteiger charge is 2.22. The van der Waals surface area contributed by atoms with Gasteiger partial charge in [-0.05, 0) is 46.0 Å². The molecule has 4 heteroatoms. The molecule has 0 bridgehead atoms. The largest absolute Gasteiger partial charge is 0.294 e. The van der Waals surface area contributed by atoms with E-state index in [0.717, 1.165) is 12.1 Å². The van der Waals surface area contributed by atoms with E-state index in [1.807, 2.05) is 25.8 Å². The number of ketones is 1. The quantitative estimate of drug-likeness (QED) is 0.755. The molecule has 0 fully saturated rings. The first-order chi connectivity index (χ1) is 7.84. The van der Waals surface area contributed by atoms with Crippen LogP contribution in [0.3, 0.4) is 0 Å². The summed E-state index contributed by atoms with van der Waals surface area (Å²) in [6.45, 7) is 5.69. The molecule has 2 nitrogen and oxygen atoms in total. The molecular formula is C13H17F2NO. The van der Waals surface area contributed by atoms with E-state index < -0.39 is 11.6 Å². The lowest BCUT2D eigenvalue weighted by Crippen LogP contribution is -2.40. The van der Waals surface area contributed by atoms with Crippen molar-refractivity contribution in [1.29, 1.82) is 0 Å². The summed E-state index contributed by atoms with van der Waals surface area (Å²) in [5, 5.41) is 0. The molecule has 0 aliphatic carbocycles. The maximum absolute atomic E-state index is 13.0. The zero-order valence-electron chi connectivity index (χ0n) is 10.5. The van der Waals surface area contributed by atoms with Gasteiger partial charge in [-0.25, -0.2) is 8.78 Å². The Balaban J connectivity index is 2.92. The molecule has 1 unspecified atom stereocenters. The van der Waals surface area contributed by atoms with Crippen LogP contribution in [0.1, 0.15) is 31.1 Å². The topological polar surface area (TPSA) is 20.3 Å². The van der Waals surface area contributed by atoms with E-state index in [9.17, 15) is 13.6 Å². The van der Waals surface area contributed by atoms with Crippen LogP contribution >= 0.6 is 0 Å². The molecule has 0 aromatic heterocycles. The van der Waals surface area contributed by atoms with E-state index in [1.165, 1.54) is 6.07 Å². The van der Waals surface area contributed by atoms with Crippen LogP contribution in [0.4, 0.5) is 8.78 Å². The molecule has 0 saturated carbocycles. The summed E-state index contributed by atoms with van der Waals surface area (Å²) >= 11 is 0. The molecule has 0 saturated heterocycles. The molecule has 0 heterocycles. The van der Waals surface area contributed by atoms with Gasteiger partial charge in [0.25, 0.3) is 0 Å². The molecule has 1 rings (SSSR count). The third-order valence-corrected chi connectivity index (χ3v) is 3.01. The average Bonchev–Trinajstić information content (AvgIpc) is 2.29. The molecule has 0 N–H and O–H groups in total. The summed E-state index contributed by atoms with van der Waals surface area (Å²) in [5.74, 6) is -2.14. The maximum atomic E-state index is 13.0. The van der Waals surface area contributed by atoms with Crippen molar-refractivity contribution in [3.05, 3.63) is 35.4 Å². The number of hydrogen-bond acceptors (Lipinski definition) is 2. The smallest absolute Gasteiger partial charge is 0.179 e. The summed E-state index contributed by atoms with van der Waals surface area (Å²) in [7, 11) is 1.83. The summed E-state index contributed by atoms with van der Waals surface area (Å²) in [5.41, 5.74) is 0.198. The van der Waals surface area contributed by atoms with Crippen molar-refractivity contribution in [2.24, 2.45) is 0 Å². The van der Waals surface area contributed by atoms with E-state index in [2.05, 4.69) is 0 Å². The highest BCUT2D eigenvalue weighted by molar-refractivity contribution is 5.99. The van der Waals surface area contributed by atoms with Crippen molar-refractivity contribution in [2.75, 3.05) is 7.05 Å². The molecule has 17 heavy (non-hydrogen) atoms. The third kappa shape index (κ3) is 3.09. The van der Waals surface area contributed by atoms with Gasteiger partial charge in [-0.3, -0.25) is 9.69 Å². The molecule has 94 valence electrons. The van der Waals surface area contributed by atoms with Crippen LogP contribution in [0.25, 0.3) is 0 Å². The first kappa shape index (κ1) is 13.8. The number of Topliss-reactive ketones (excluding diaryl/α,β-unsaturated/α-hetero) is 1. The van der Waals surface area contributed by atoms with Gasteiger partial charge in [-0.15, -0.1) is 0 Å². The Morgan fingerprint density at radius 3 is 2.24 bits per heavy atom. The SMILES string of the molecule is CC(C)N(C)C(C)C(=O)c1ccc(F)c(F)c1. The number of carbonyl (C=O) groups is 1. The number of likely N-dealkylation sites (N-methyl/N-ethyl adjacent to an activating group) is 1. The number of carbonyl (C=O) groups excluding carboxylic acids is 1. The molecule has 0 aliphatic rings. The standard InChI is InChI=1S/C13H17F2NO/c1-8(2)16(4)9(3)13(17)10-5-6-11(14)12(15)7-10/h5-9H,1-4H3. The van der Waals surface area contributed by atoms with Gasteiger partial charge in [-0.2, -0.15) is 0 Å². The lowest BCUT2D eigenvalue weighted by molar-refractivity contribution is 0.0835. The van der Waals surface area contributed by atoms with Crippen LogP contribution in [0.5, 0.6) is 0 Å². The number of hydrogen-bond donors (Lipinski definition) is 0. The number of rotatable bonds is 4. The summed E-state index contributed by atoms with van der Waals surface area (Å²) in [6, 6.07) is 3.08. The van der Waals surface area contributed by atoms with Gasteiger partial charge in [0.15, 0.2) is 17.4 Å². The van der Waals surface area contributed by atoms with Gasteiger partial charge >= 0.3 is 0 Å². The van der Waals surface area contributed by atoms with E-state index in [-0.39, 0.29) is 23.4 Å². The zero-order chi connectivity index (χ0) is 13.2. The normalized spacial score (nSPS) is 13.2. The molecule has 0 aliphatic heterocycles. The van der Waals surface area contributed by atoms with Gasteiger partial charge in [0, 0.05) is 11.6 Å². The van der Waals surface area contributed by atoms with Crippen molar-refractivity contribution < 1.29 is 13.6 Å². The monoisotopic (exact) mass is 241 g/mol. The van der Waals surface area contributed by atoms with Crippen molar-refractivity contribution >= 4 is 5.78 Å². The van der Waals surface area contributed by atoms with E-state index in [1.54, 1.807) is 6.92 Å². The van der Waals surface area contributed by atoms with Gasteiger partial charge in [0.05, 0.1) is 6.04 Å². The Morgan fingerprint density at radius 1 is 1.18 bits per heavy atom. The first-order valence-corrected chi connectivity index (χ1v) is 5.55. The Morgan fingerprint density at radius 2 is 1.76 bits per heavy atom. The fraction of sp³-hybridized carbons (Fsp3) is 0.462.